The van der Waals surface area contributed by atoms with Gasteiger partial charge in [0.2, 0.25) is 5.91 Å². The topological polar surface area (TPSA) is 58.6 Å². The van der Waals surface area contributed by atoms with Crippen LogP contribution in [0.15, 0.2) is 52.3 Å². The minimum atomic E-state index is -0.277. The molecule has 4 aliphatic rings. The molecule has 0 unspecified atom stereocenters. The molecule has 30 heavy (non-hydrogen) atoms. The van der Waals surface area contributed by atoms with Crippen LogP contribution in [0.3, 0.4) is 0 Å². The van der Waals surface area contributed by atoms with Crippen molar-refractivity contribution in [2.45, 2.75) is 41.6 Å². The fourth-order valence-electron chi connectivity index (χ4n) is 4.73. The monoisotopic (exact) mass is 418 g/mol. The lowest BCUT2D eigenvalue weighted by molar-refractivity contribution is -0.260. The molecular formula is C24H22N2O3S. The third kappa shape index (κ3) is 2.84. The molecule has 0 radical (unpaired) electrons. The molecule has 3 saturated carbocycles. The van der Waals surface area contributed by atoms with Gasteiger partial charge in [0.1, 0.15) is 0 Å². The van der Waals surface area contributed by atoms with Crippen molar-refractivity contribution in [3.8, 4) is 11.8 Å². The Labute approximate surface area is 180 Å². The molecule has 3 aliphatic carbocycles. The van der Waals surface area contributed by atoms with Gasteiger partial charge in [0.25, 0.3) is 5.91 Å². The minimum absolute atomic E-state index is 0.0601. The molecule has 2 bridgehead atoms. The number of fused-ring (bicyclic) bond motifs is 2. The van der Waals surface area contributed by atoms with Crippen LogP contribution in [-0.4, -0.2) is 31.1 Å². The number of nitrogens with one attached hydrogen (secondary N) is 1. The molecule has 3 fully saturated rings. The number of carbonyl (C=O) groups is 2. The number of nitrogens with zero attached hydrogens (tertiary/aromatic N) is 1. The molecule has 1 heterocycles. The molecule has 6 rings (SSSR count). The van der Waals surface area contributed by atoms with E-state index in [1.54, 1.807) is 30.7 Å². The maximum absolute atomic E-state index is 13.2. The summed E-state index contributed by atoms with van der Waals surface area (Å²) in [6.07, 6.45) is 2.40. The summed E-state index contributed by atoms with van der Waals surface area (Å²) in [5.74, 6) is 5.88. The molecule has 0 saturated heterocycles. The van der Waals surface area contributed by atoms with E-state index < -0.39 is 0 Å². The van der Waals surface area contributed by atoms with Crippen molar-refractivity contribution in [3.63, 3.8) is 0 Å². The van der Waals surface area contributed by atoms with Gasteiger partial charge in [-0.05, 0) is 56.5 Å². The predicted molar refractivity (Wildman–Crippen MR) is 117 cm³/mol. The van der Waals surface area contributed by atoms with E-state index in [0.29, 0.717) is 12.1 Å². The standard InChI is InChI=1S/C24H22N2O3S/c1-3-4-11-26-18-10-9-16(25-22(28)23-13-24(14-23,15-23)29-2)12-20(18)30-19-8-6-5-7-17(19)21(26)27/h5-10,12H,11,13-15H2,1-2H3,(H,25,28). The summed E-state index contributed by atoms with van der Waals surface area (Å²) >= 11 is 1.54. The van der Waals surface area contributed by atoms with Crippen molar-refractivity contribution in [2.75, 3.05) is 23.9 Å². The predicted octanol–water partition coefficient (Wildman–Crippen LogP) is 4.33. The van der Waals surface area contributed by atoms with Crippen LogP contribution in [0.5, 0.6) is 0 Å². The Balaban J connectivity index is 1.45. The smallest absolute Gasteiger partial charge is 0.260 e. The van der Waals surface area contributed by atoms with Crippen molar-refractivity contribution >= 4 is 35.0 Å². The van der Waals surface area contributed by atoms with Crippen LogP contribution < -0.4 is 10.2 Å². The summed E-state index contributed by atoms with van der Waals surface area (Å²) < 4.78 is 5.51. The number of methoxy groups -OCH3 is 1. The highest BCUT2D eigenvalue weighted by Gasteiger charge is 2.72. The number of hydrogen-bond donors (Lipinski definition) is 1. The summed E-state index contributed by atoms with van der Waals surface area (Å²) in [6.45, 7) is 2.09. The van der Waals surface area contributed by atoms with Crippen molar-refractivity contribution in [3.05, 3.63) is 48.0 Å². The normalized spacial score (nSPS) is 25.5. The molecule has 2 amide bonds. The molecule has 1 aliphatic heterocycles. The number of carbonyl (C=O) groups excluding carboxylic acids is 2. The zero-order valence-corrected chi connectivity index (χ0v) is 17.8. The summed E-state index contributed by atoms with van der Waals surface area (Å²) in [4.78, 5) is 29.6. The second kappa shape index (κ2) is 6.90. The first-order valence-electron chi connectivity index (χ1n) is 9.98. The highest BCUT2D eigenvalue weighted by molar-refractivity contribution is 7.99. The second-order valence-electron chi connectivity index (χ2n) is 8.25. The van der Waals surface area contributed by atoms with Gasteiger partial charge in [-0.25, -0.2) is 0 Å². The molecule has 5 nitrogen and oxygen atoms in total. The molecule has 2 aromatic carbocycles. The Morgan fingerprint density at radius 3 is 2.70 bits per heavy atom. The van der Waals surface area contributed by atoms with Crippen LogP contribution in [0.4, 0.5) is 11.4 Å². The number of ether oxygens (including phenoxy) is 1. The SMILES string of the molecule is CC#CCN1C(=O)c2ccccc2Sc2cc(NC(=O)C34CC(OC)(C3)C4)ccc21. The van der Waals surface area contributed by atoms with Crippen LogP contribution in [0.1, 0.15) is 36.5 Å². The maximum atomic E-state index is 13.2. The van der Waals surface area contributed by atoms with Crippen LogP contribution in [-0.2, 0) is 9.53 Å². The molecule has 0 atom stereocenters. The average Bonchev–Trinajstić information content (AvgIpc) is 2.79. The lowest BCUT2D eigenvalue weighted by atomic mass is 9.40. The van der Waals surface area contributed by atoms with Gasteiger partial charge in [0, 0.05) is 22.6 Å². The summed E-state index contributed by atoms with van der Waals surface area (Å²) in [7, 11) is 1.72. The zero-order valence-electron chi connectivity index (χ0n) is 17.0. The van der Waals surface area contributed by atoms with Crippen molar-refractivity contribution in [1.82, 2.24) is 0 Å². The van der Waals surface area contributed by atoms with E-state index in [9.17, 15) is 9.59 Å². The summed E-state index contributed by atoms with van der Waals surface area (Å²) in [5, 5.41) is 3.09. The summed E-state index contributed by atoms with van der Waals surface area (Å²) in [6, 6.07) is 13.3. The number of benzene rings is 2. The Bertz CT molecular complexity index is 1110. The van der Waals surface area contributed by atoms with Gasteiger partial charge in [0.05, 0.1) is 28.8 Å². The molecule has 6 heteroatoms. The maximum Gasteiger partial charge on any atom is 0.260 e. The zero-order chi connectivity index (χ0) is 20.9. The average molecular weight is 419 g/mol. The quantitative estimate of drug-likeness (QED) is 0.751. The van der Waals surface area contributed by atoms with Gasteiger partial charge >= 0.3 is 0 Å². The summed E-state index contributed by atoms with van der Waals surface area (Å²) in [5.41, 5.74) is 1.88. The number of amides is 2. The van der Waals surface area contributed by atoms with Crippen LogP contribution in [0.2, 0.25) is 0 Å². The largest absolute Gasteiger partial charge is 0.378 e. The van der Waals surface area contributed by atoms with E-state index in [-0.39, 0.29) is 22.8 Å². The van der Waals surface area contributed by atoms with Gasteiger partial charge in [-0.15, -0.1) is 5.92 Å². The van der Waals surface area contributed by atoms with E-state index >= 15 is 0 Å². The Morgan fingerprint density at radius 2 is 1.97 bits per heavy atom. The molecule has 152 valence electrons. The second-order valence-corrected chi connectivity index (χ2v) is 9.33. The molecule has 2 aromatic rings. The van der Waals surface area contributed by atoms with E-state index in [0.717, 1.165) is 40.4 Å². The van der Waals surface area contributed by atoms with Crippen LogP contribution in [0.25, 0.3) is 0 Å². The van der Waals surface area contributed by atoms with Crippen molar-refractivity contribution in [2.24, 2.45) is 5.41 Å². The Morgan fingerprint density at radius 1 is 1.20 bits per heavy atom. The molecular weight excluding hydrogens is 396 g/mol. The Hall–Kier alpha value is -2.75. The van der Waals surface area contributed by atoms with E-state index in [4.69, 9.17) is 4.74 Å². The fourth-order valence-corrected chi connectivity index (χ4v) is 5.85. The van der Waals surface area contributed by atoms with Gasteiger partial charge in [-0.3, -0.25) is 14.5 Å². The van der Waals surface area contributed by atoms with Crippen LogP contribution in [0, 0.1) is 17.3 Å². The number of anilines is 2. The Kier molecular flexibility index (Phi) is 4.42. The van der Waals surface area contributed by atoms with Gasteiger partial charge in [-0.1, -0.05) is 29.8 Å². The first-order valence-corrected chi connectivity index (χ1v) is 10.8. The molecule has 0 aromatic heterocycles. The first-order chi connectivity index (χ1) is 14.5. The van der Waals surface area contributed by atoms with Crippen molar-refractivity contribution < 1.29 is 14.3 Å². The first kappa shape index (κ1) is 19.2. The van der Waals surface area contributed by atoms with Gasteiger partial charge < -0.3 is 10.1 Å². The lowest BCUT2D eigenvalue weighted by Gasteiger charge is -2.67. The fraction of sp³-hybridized carbons (Fsp3) is 0.333. The minimum Gasteiger partial charge on any atom is -0.378 e. The number of rotatable bonds is 4. The van der Waals surface area contributed by atoms with E-state index in [1.165, 1.54) is 0 Å². The van der Waals surface area contributed by atoms with Crippen molar-refractivity contribution in [1.29, 1.82) is 0 Å². The third-order valence-corrected chi connectivity index (χ3v) is 7.52. The molecule has 1 N–H and O–H groups in total. The lowest BCUT2D eigenvalue weighted by Crippen LogP contribution is -2.72. The number of hydrogen-bond acceptors (Lipinski definition) is 4. The highest BCUT2D eigenvalue weighted by Crippen LogP contribution is 2.69. The third-order valence-electron chi connectivity index (χ3n) is 6.40. The van der Waals surface area contributed by atoms with E-state index in [2.05, 4.69) is 17.2 Å². The van der Waals surface area contributed by atoms with Crippen LogP contribution >= 0.6 is 11.8 Å². The van der Waals surface area contributed by atoms with E-state index in [1.807, 2.05) is 42.5 Å². The highest BCUT2D eigenvalue weighted by atomic mass is 32.2. The van der Waals surface area contributed by atoms with Gasteiger partial charge in [-0.2, -0.15) is 0 Å². The van der Waals surface area contributed by atoms with Gasteiger partial charge in [0.15, 0.2) is 0 Å². The molecule has 0 spiro atoms.